The Balaban J connectivity index is 1.45. The SMILES string of the molecule is NC(=O)C1=NC2CN(C3CO[C@H](c4cc(F)ccc4F)C(N)C3)CC2N1C(F)F. The highest BCUT2D eigenvalue weighted by atomic mass is 19.3. The monoisotopic (exact) mass is 415 g/mol. The minimum Gasteiger partial charge on any atom is -0.370 e. The number of amides is 1. The lowest BCUT2D eigenvalue weighted by molar-refractivity contribution is -0.113. The smallest absolute Gasteiger partial charge is 0.316 e. The molecule has 0 bridgehead atoms. The number of fused-ring (bicyclic) bond motifs is 1. The zero-order valence-corrected chi connectivity index (χ0v) is 15.3. The number of halogens is 4. The minimum absolute atomic E-state index is 0.0637. The maximum atomic E-state index is 14.1. The highest BCUT2D eigenvalue weighted by molar-refractivity contribution is 6.37. The molecule has 3 heterocycles. The molecule has 1 aromatic rings. The van der Waals surface area contributed by atoms with Crippen LogP contribution >= 0.6 is 0 Å². The summed E-state index contributed by atoms with van der Waals surface area (Å²) >= 11 is 0. The molecule has 29 heavy (non-hydrogen) atoms. The van der Waals surface area contributed by atoms with E-state index in [9.17, 15) is 22.4 Å². The lowest BCUT2D eigenvalue weighted by Gasteiger charge is -2.39. The van der Waals surface area contributed by atoms with Crippen LogP contribution in [0, 0.1) is 11.6 Å². The van der Waals surface area contributed by atoms with Gasteiger partial charge in [0, 0.05) is 30.7 Å². The summed E-state index contributed by atoms with van der Waals surface area (Å²) in [5, 5.41) is 0. The van der Waals surface area contributed by atoms with Crippen molar-refractivity contribution in [2.24, 2.45) is 16.5 Å². The van der Waals surface area contributed by atoms with Gasteiger partial charge in [-0.25, -0.2) is 8.78 Å². The van der Waals surface area contributed by atoms with Gasteiger partial charge in [-0.3, -0.25) is 19.6 Å². The number of hydrogen-bond donors (Lipinski definition) is 2. The summed E-state index contributed by atoms with van der Waals surface area (Å²) in [7, 11) is 0. The number of alkyl halides is 2. The Morgan fingerprint density at radius 3 is 2.69 bits per heavy atom. The number of carbonyl (C=O) groups excluding carboxylic acids is 1. The number of nitrogens with zero attached hydrogens (tertiary/aromatic N) is 3. The Morgan fingerprint density at radius 2 is 2.03 bits per heavy atom. The van der Waals surface area contributed by atoms with Crippen LogP contribution in [-0.2, 0) is 9.53 Å². The normalized spacial score (nSPS) is 32.6. The maximum absolute atomic E-state index is 14.1. The van der Waals surface area contributed by atoms with Crippen molar-refractivity contribution in [1.29, 1.82) is 0 Å². The van der Waals surface area contributed by atoms with E-state index in [0.29, 0.717) is 17.9 Å². The van der Waals surface area contributed by atoms with E-state index in [1.165, 1.54) is 0 Å². The largest absolute Gasteiger partial charge is 0.370 e. The van der Waals surface area contributed by atoms with E-state index in [-0.39, 0.29) is 24.8 Å². The molecule has 11 heteroatoms. The molecule has 0 saturated carbocycles. The van der Waals surface area contributed by atoms with E-state index < -0.39 is 54.2 Å². The summed E-state index contributed by atoms with van der Waals surface area (Å²) in [5.41, 5.74) is 11.4. The number of rotatable bonds is 4. The molecule has 5 atom stereocenters. The molecule has 158 valence electrons. The average Bonchev–Trinajstić information content (AvgIpc) is 3.21. The van der Waals surface area contributed by atoms with Crippen LogP contribution in [0.15, 0.2) is 23.2 Å². The van der Waals surface area contributed by atoms with Crippen molar-refractivity contribution in [1.82, 2.24) is 9.80 Å². The topological polar surface area (TPSA) is 97.2 Å². The van der Waals surface area contributed by atoms with Crippen molar-refractivity contribution in [3.8, 4) is 0 Å². The highest BCUT2D eigenvalue weighted by Gasteiger charge is 2.49. The van der Waals surface area contributed by atoms with Gasteiger partial charge in [0.1, 0.15) is 17.7 Å². The van der Waals surface area contributed by atoms with E-state index in [1.807, 2.05) is 4.90 Å². The zero-order valence-electron chi connectivity index (χ0n) is 15.3. The Labute approximate surface area is 164 Å². The van der Waals surface area contributed by atoms with E-state index in [4.69, 9.17) is 16.2 Å². The first-order valence-electron chi connectivity index (χ1n) is 9.26. The van der Waals surface area contributed by atoms with E-state index in [2.05, 4.69) is 4.99 Å². The number of likely N-dealkylation sites (tertiary alicyclic amines) is 1. The van der Waals surface area contributed by atoms with Crippen LogP contribution in [0.3, 0.4) is 0 Å². The summed E-state index contributed by atoms with van der Waals surface area (Å²) < 4.78 is 60.2. The fourth-order valence-corrected chi connectivity index (χ4v) is 4.46. The van der Waals surface area contributed by atoms with Gasteiger partial charge in [-0.05, 0) is 24.6 Å². The number of amidine groups is 1. The molecule has 4 rings (SSSR count). The number of hydrogen-bond acceptors (Lipinski definition) is 6. The Hall–Kier alpha value is -2.24. The summed E-state index contributed by atoms with van der Waals surface area (Å²) in [5.74, 6) is -2.55. The van der Waals surface area contributed by atoms with Crippen LogP contribution in [-0.4, -0.2) is 72.0 Å². The number of ether oxygens (including phenoxy) is 1. The van der Waals surface area contributed by atoms with Crippen molar-refractivity contribution < 1.29 is 27.1 Å². The molecule has 0 radical (unpaired) electrons. The third-order valence-electron chi connectivity index (χ3n) is 5.79. The molecule has 1 aromatic carbocycles. The molecule has 3 aliphatic rings. The quantitative estimate of drug-likeness (QED) is 0.555. The predicted octanol–water partition coefficient (Wildman–Crippen LogP) is 0.597. The standard InChI is InChI=1S/C18H21F4N5O2/c19-8-1-2-11(20)10(3-8)15-12(23)4-9(7-29-15)26-5-13-14(6-26)27(18(21)22)17(25-13)16(24)28/h1-3,9,12-15,18H,4-7,23H2,(H2,24,28)/t9?,12?,13?,14?,15-/m1/s1. The van der Waals surface area contributed by atoms with Gasteiger partial charge in [-0.15, -0.1) is 0 Å². The van der Waals surface area contributed by atoms with Crippen LogP contribution in [0.1, 0.15) is 18.1 Å². The second kappa shape index (κ2) is 7.54. The van der Waals surface area contributed by atoms with Gasteiger partial charge in [-0.1, -0.05) is 0 Å². The van der Waals surface area contributed by atoms with Crippen LogP contribution < -0.4 is 11.5 Å². The first-order valence-corrected chi connectivity index (χ1v) is 9.26. The fraction of sp³-hybridized carbons (Fsp3) is 0.556. The minimum atomic E-state index is -2.89. The Bertz CT molecular complexity index is 838. The third kappa shape index (κ3) is 3.58. The summed E-state index contributed by atoms with van der Waals surface area (Å²) in [6.45, 7) is -2.10. The third-order valence-corrected chi connectivity index (χ3v) is 5.79. The van der Waals surface area contributed by atoms with Crippen molar-refractivity contribution in [3.05, 3.63) is 35.4 Å². The zero-order chi connectivity index (χ0) is 20.9. The number of carbonyl (C=O) groups is 1. The molecular weight excluding hydrogens is 394 g/mol. The molecule has 3 aliphatic heterocycles. The molecular formula is C18H21F4N5O2. The van der Waals surface area contributed by atoms with Crippen molar-refractivity contribution in [2.45, 2.75) is 43.2 Å². The summed E-state index contributed by atoms with van der Waals surface area (Å²) in [4.78, 5) is 18.1. The van der Waals surface area contributed by atoms with Gasteiger partial charge in [0.05, 0.1) is 18.7 Å². The van der Waals surface area contributed by atoms with Gasteiger partial charge in [-0.2, -0.15) is 8.78 Å². The molecule has 7 nitrogen and oxygen atoms in total. The fourth-order valence-electron chi connectivity index (χ4n) is 4.46. The van der Waals surface area contributed by atoms with E-state index >= 15 is 0 Å². The highest BCUT2D eigenvalue weighted by Crippen LogP contribution is 2.35. The first-order chi connectivity index (χ1) is 13.8. The second-order valence-corrected chi connectivity index (χ2v) is 7.56. The molecule has 4 N–H and O–H groups in total. The maximum Gasteiger partial charge on any atom is 0.316 e. The molecule has 4 unspecified atom stereocenters. The van der Waals surface area contributed by atoms with Gasteiger partial charge in [0.2, 0.25) is 0 Å². The van der Waals surface area contributed by atoms with Gasteiger partial charge in [0.25, 0.3) is 5.91 Å². The van der Waals surface area contributed by atoms with Crippen molar-refractivity contribution in [2.75, 3.05) is 19.7 Å². The van der Waals surface area contributed by atoms with Gasteiger partial charge in [0.15, 0.2) is 5.84 Å². The molecule has 0 spiro atoms. The van der Waals surface area contributed by atoms with Crippen molar-refractivity contribution in [3.63, 3.8) is 0 Å². The summed E-state index contributed by atoms with van der Waals surface area (Å²) in [6, 6.07) is 1.18. The number of benzene rings is 1. The molecule has 2 fully saturated rings. The lowest BCUT2D eigenvalue weighted by Crippen LogP contribution is -2.51. The summed E-state index contributed by atoms with van der Waals surface area (Å²) in [6.07, 6.45) is -0.373. The molecule has 0 aliphatic carbocycles. The van der Waals surface area contributed by atoms with Crippen LogP contribution in [0.4, 0.5) is 17.6 Å². The van der Waals surface area contributed by atoms with E-state index in [0.717, 1.165) is 18.2 Å². The molecule has 1 amide bonds. The first kappa shape index (κ1) is 20.0. The predicted molar refractivity (Wildman–Crippen MR) is 95.1 cm³/mol. The lowest BCUT2D eigenvalue weighted by atomic mass is 9.93. The molecule has 0 aromatic heterocycles. The van der Waals surface area contributed by atoms with Gasteiger partial charge >= 0.3 is 6.55 Å². The average molecular weight is 415 g/mol. The van der Waals surface area contributed by atoms with Crippen LogP contribution in [0.5, 0.6) is 0 Å². The van der Waals surface area contributed by atoms with E-state index in [1.54, 1.807) is 0 Å². The van der Waals surface area contributed by atoms with Gasteiger partial charge < -0.3 is 16.2 Å². The number of aliphatic imine (C=N–C) groups is 1. The van der Waals surface area contributed by atoms with Crippen molar-refractivity contribution >= 4 is 11.7 Å². The Kier molecular flexibility index (Phi) is 5.21. The van der Waals surface area contributed by atoms with Crippen LogP contribution in [0.25, 0.3) is 0 Å². The molecule has 2 saturated heterocycles. The second-order valence-electron chi connectivity index (χ2n) is 7.56. The van der Waals surface area contributed by atoms with Crippen LogP contribution in [0.2, 0.25) is 0 Å². The number of nitrogens with two attached hydrogens (primary N) is 2. The number of primary amides is 1. The Morgan fingerprint density at radius 1 is 1.28 bits per heavy atom.